The Bertz CT molecular complexity index is 756. The van der Waals surface area contributed by atoms with Crippen molar-refractivity contribution in [3.05, 3.63) is 59.7 Å². The zero-order chi connectivity index (χ0) is 18.4. The minimum Gasteiger partial charge on any atom is -0.326 e. The predicted octanol–water partition coefficient (Wildman–Crippen LogP) is 4.24. The number of benzene rings is 2. The van der Waals surface area contributed by atoms with Crippen LogP contribution >= 0.6 is 0 Å². The third kappa shape index (κ3) is 5.63. The highest BCUT2D eigenvalue weighted by atomic mass is 19.4. The first-order valence-electron chi connectivity index (χ1n) is 7.64. The molecule has 25 heavy (non-hydrogen) atoms. The maximum Gasteiger partial charge on any atom is 0.416 e. The lowest BCUT2D eigenvalue weighted by Crippen LogP contribution is -2.21. The number of hydrogen-bond donors (Lipinski definition) is 2. The van der Waals surface area contributed by atoms with E-state index in [1.54, 1.807) is 12.1 Å². The minimum atomic E-state index is -4.50. The summed E-state index contributed by atoms with van der Waals surface area (Å²) in [5.74, 6) is -1.24. The molecule has 2 aromatic carbocycles. The lowest BCUT2D eigenvalue weighted by Gasteiger charge is -2.10. The van der Waals surface area contributed by atoms with Crippen molar-refractivity contribution < 1.29 is 22.8 Å². The Morgan fingerprint density at radius 3 is 2.08 bits per heavy atom. The molecule has 0 aliphatic rings. The molecule has 0 fully saturated rings. The molecule has 2 aromatic rings. The van der Waals surface area contributed by atoms with Crippen molar-refractivity contribution in [3.63, 3.8) is 0 Å². The molecule has 132 valence electrons. The van der Waals surface area contributed by atoms with Crippen molar-refractivity contribution in [2.75, 3.05) is 10.6 Å². The maximum absolute atomic E-state index is 12.6. The normalized spacial score (nSPS) is 11.0. The van der Waals surface area contributed by atoms with Crippen molar-refractivity contribution in [3.8, 4) is 0 Å². The Labute approximate surface area is 143 Å². The molecule has 2 rings (SSSR count). The van der Waals surface area contributed by atoms with Gasteiger partial charge in [0.2, 0.25) is 11.8 Å². The van der Waals surface area contributed by atoms with E-state index in [2.05, 4.69) is 10.6 Å². The van der Waals surface area contributed by atoms with Gasteiger partial charge in [-0.25, -0.2) is 0 Å². The van der Waals surface area contributed by atoms with Crippen LogP contribution in [0.15, 0.2) is 48.5 Å². The van der Waals surface area contributed by atoms with Gasteiger partial charge < -0.3 is 10.6 Å². The average Bonchev–Trinajstić information content (AvgIpc) is 2.54. The molecule has 0 atom stereocenters. The Balaban J connectivity index is 1.92. The first-order valence-corrected chi connectivity index (χ1v) is 7.64. The van der Waals surface area contributed by atoms with Gasteiger partial charge in [-0.3, -0.25) is 9.59 Å². The molecule has 0 bridgehead atoms. The van der Waals surface area contributed by atoms with E-state index < -0.39 is 30.0 Å². The van der Waals surface area contributed by atoms with Gasteiger partial charge >= 0.3 is 6.18 Å². The van der Waals surface area contributed by atoms with Crippen LogP contribution < -0.4 is 10.6 Å². The van der Waals surface area contributed by atoms with Gasteiger partial charge in [-0.15, -0.1) is 0 Å². The number of rotatable bonds is 5. The third-order valence-electron chi connectivity index (χ3n) is 3.44. The summed E-state index contributed by atoms with van der Waals surface area (Å²) < 4.78 is 37.9. The van der Waals surface area contributed by atoms with Crippen LogP contribution in [0.25, 0.3) is 0 Å². The van der Waals surface area contributed by atoms with E-state index in [0.717, 1.165) is 24.1 Å². The summed E-state index contributed by atoms with van der Waals surface area (Å²) >= 11 is 0. The molecule has 0 heterocycles. The molecule has 0 spiro atoms. The average molecular weight is 350 g/mol. The zero-order valence-electron chi connectivity index (χ0n) is 13.5. The summed E-state index contributed by atoms with van der Waals surface area (Å²) in [6, 6.07) is 11.4. The molecule has 0 saturated carbocycles. The Morgan fingerprint density at radius 1 is 0.920 bits per heavy atom. The van der Waals surface area contributed by atoms with Crippen molar-refractivity contribution in [2.45, 2.75) is 25.9 Å². The number of aryl methyl sites for hydroxylation is 1. The third-order valence-corrected chi connectivity index (χ3v) is 3.44. The summed E-state index contributed by atoms with van der Waals surface area (Å²) in [6.07, 6.45) is -4.12. The number of alkyl halides is 3. The summed E-state index contributed by atoms with van der Waals surface area (Å²) in [4.78, 5) is 23.7. The van der Waals surface area contributed by atoms with E-state index >= 15 is 0 Å². The molecule has 7 heteroatoms. The minimum absolute atomic E-state index is 0.0140. The van der Waals surface area contributed by atoms with E-state index in [0.29, 0.717) is 5.69 Å². The lowest BCUT2D eigenvalue weighted by atomic mass is 10.1. The molecular weight excluding hydrogens is 333 g/mol. The number of hydrogen-bond acceptors (Lipinski definition) is 2. The smallest absolute Gasteiger partial charge is 0.326 e. The fraction of sp³-hybridized carbons (Fsp3) is 0.222. The molecule has 4 nitrogen and oxygen atoms in total. The van der Waals surface area contributed by atoms with Crippen LogP contribution in [0.1, 0.15) is 24.5 Å². The van der Waals surface area contributed by atoms with E-state index in [1.807, 2.05) is 19.1 Å². The highest BCUT2D eigenvalue weighted by molar-refractivity contribution is 6.08. The van der Waals surface area contributed by atoms with E-state index in [1.165, 1.54) is 12.1 Å². The van der Waals surface area contributed by atoms with Gasteiger partial charge in [0.1, 0.15) is 6.42 Å². The lowest BCUT2D eigenvalue weighted by molar-refractivity contribution is -0.137. The standard InChI is InChI=1S/C18H17F3N2O2/c1-2-12-6-8-14(9-7-12)22-16(24)11-17(25)23-15-5-3-4-13(10-15)18(19,20)21/h3-10H,2,11H2,1H3,(H,22,24)(H,23,25). The number of amides is 2. The van der Waals surface area contributed by atoms with Crippen LogP contribution in [0.2, 0.25) is 0 Å². The monoisotopic (exact) mass is 350 g/mol. The van der Waals surface area contributed by atoms with Gasteiger partial charge in [0.15, 0.2) is 0 Å². The summed E-state index contributed by atoms with van der Waals surface area (Å²) in [5, 5.41) is 4.86. The van der Waals surface area contributed by atoms with Crippen molar-refractivity contribution >= 4 is 23.2 Å². The van der Waals surface area contributed by atoms with Gasteiger partial charge in [-0.1, -0.05) is 25.1 Å². The molecule has 0 saturated heterocycles. The summed E-state index contributed by atoms with van der Waals surface area (Å²) in [6.45, 7) is 2.01. The van der Waals surface area contributed by atoms with Crippen LogP contribution in [0, 0.1) is 0 Å². The molecule has 0 radical (unpaired) electrons. The number of halogens is 3. The van der Waals surface area contributed by atoms with Gasteiger partial charge in [0, 0.05) is 11.4 Å². The SMILES string of the molecule is CCc1ccc(NC(=O)CC(=O)Nc2cccc(C(F)(F)F)c2)cc1. The quantitative estimate of drug-likeness (QED) is 0.793. The molecular formula is C18H17F3N2O2. The van der Waals surface area contributed by atoms with Crippen molar-refractivity contribution in [1.29, 1.82) is 0 Å². The number of carbonyl (C=O) groups excluding carboxylic acids is 2. The second-order valence-corrected chi connectivity index (χ2v) is 5.40. The Morgan fingerprint density at radius 2 is 1.52 bits per heavy atom. The largest absolute Gasteiger partial charge is 0.416 e. The predicted molar refractivity (Wildman–Crippen MR) is 89.1 cm³/mol. The van der Waals surface area contributed by atoms with Crippen LogP contribution in [0.3, 0.4) is 0 Å². The first kappa shape index (κ1) is 18.5. The second kappa shape index (κ2) is 7.83. The second-order valence-electron chi connectivity index (χ2n) is 5.40. The van der Waals surface area contributed by atoms with Crippen LogP contribution in [0.4, 0.5) is 24.5 Å². The zero-order valence-corrected chi connectivity index (χ0v) is 13.5. The van der Waals surface area contributed by atoms with E-state index in [9.17, 15) is 22.8 Å². The highest BCUT2D eigenvalue weighted by Crippen LogP contribution is 2.30. The fourth-order valence-corrected chi connectivity index (χ4v) is 2.15. The number of anilines is 2. The number of nitrogens with one attached hydrogen (secondary N) is 2. The fourth-order valence-electron chi connectivity index (χ4n) is 2.15. The molecule has 0 aromatic heterocycles. The van der Waals surface area contributed by atoms with Gasteiger partial charge in [0.05, 0.1) is 5.56 Å². The topological polar surface area (TPSA) is 58.2 Å². The van der Waals surface area contributed by atoms with Crippen LogP contribution in [0.5, 0.6) is 0 Å². The molecule has 2 N–H and O–H groups in total. The summed E-state index contributed by atoms with van der Waals surface area (Å²) in [7, 11) is 0. The van der Waals surface area contributed by atoms with Gasteiger partial charge in [0.25, 0.3) is 0 Å². The highest BCUT2D eigenvalue weighted by Gasteiger charge is 2.30. The molecule has 0 unspecified atom stereocenters. The number of carbonyl (C=O) groups is 2. The summed E-state index contributed by atoms with van der Waals surface area (Å²) in [5.41, 5.74) is 0.778. The first-order chi connectivity index (χ1) is 11.8. The Kier molecular flexibility index (Phi) is 5.80. The van der Waals surface area contributed by atoms with Crippen molar-refractivity contribution in [1.82, 2.24) is 0 Å². The van der Waals surface area contributed by atoms with Crippen LogP contribution in [-0.4, -0.2) is 11.8 Å². The maximum atomic E-state index is 12.6. The van der Waals surface area contributed by atoms with Crippen molar-refractivity contribution in [2.24, 2.45) is 0 Å². The van der Waals surface area contributed by atoms with Gasteiger partial charge in [-0.05, 0) is 42.3 Å². The van der Waals surface area contributed by atoms with Crippen LogP contribution in [-0.2, 0) is 22.2 Å². The van der Waals surface area contributed by atoms with Gasteiger partial charge in [-0.2, -0.15) is 13.2 Å². The molecule has 0 aliphatic heterocycles. The van der Waals surface area contributed by atoms with E-state index in [-0.39, 0.29) is 5.69 Å². The molecule has 2 amide bonds. The molecule has 0 aliphatic carbocycles. The Hall–Kier alpha value is -2.83. The van der Waals surface area contributed by atoms with E-state index in [4.69, 9.17) is 0 Å².